The van der Waals surface area contributed by atoms with Gasteiger partial charge >= 0.3 is 18.2 Å². The number of nitrogens with one attached hydrogen (secondary N) is 2. The Hall–Kier alpha value is -4.99. The Kier molecular flexibility index (Phi) is 8.58. The Labute approximate surface area is 227 Å². The topological polar surface area (TPSA) is 108 Å². The van der Waals surface area contributed by atoms with Gasteiger partial charge in [-0.2, -0.15) is 13.2 Å². The highest BCUT2D eigenvalue weighted by Crippen LogP contribution is 2.30. The maximum atomic E-state index is 12.8. The minimum atomic E-state index is -4.46. The Morgan fingerprint density at radius 2 is 1.45 bits per heavy atom. The molecule has 3 aromatic carbocycles. The number of benzene rings is 3. The van der Waals surface area contributed by atoms with Crippen molar-refractivity contribution in [1.29, 1.82) is 0 Å². The van der Waals surface area contributed by atoms with E-state index >= 15 is 0 Å². The average Bonchev–Trinajstić information content (AvgIpc) is 2.93. The monoisotopic (exact) mass is 547 g/mol. The molecule has 204 valence electrons. The van der Waals surface area contributed by atoms with Crippen molar-refractivity contribution in [1.82, 2.24) is 4.98 Å². The number of hydrogen-bond donors (Lipinski definition) is 3. The van der Waals surface area contributed by atoms with E-state index in [0.29, 0.717) is 11.1 Å². The van der Waals surface area contributed by atoms with E-state index in [-0.39, 0.29) is 30.1 Å². The molecule has 0 saturated heterocycles. The van der Waals surface area contributed by atoms with Gasteiger partial charge in [0.05, 0.1) is 11.5 Å². The zero-order chi connectivity index (χ0) is 28.7. The summed E-state index contributed by atoms with van der Waals surface area (Å²) in [6, 6.07) is 22.5. The van der Waals surface area contributed by atoms with Crippen molar-refractivity contribution in [2.75, 3.05) is 10.6 Å². The molecule has 7 nitrogen and oxygen atoms in total. The summed E-state index contributed by atoms with van der Waals surface area (Å²) in [5.74, 6) is -1.92. The lowest BCUT2D eigenvalue weighted by molar-refractivity contribution is -0.141. The third-order valence-corrected chi connectivity index (χ3v) is 6.12. The van der Waals surface area contributed by atoms with Crippen molar-refractivity contribution in [3.05, 3.63) is 114 Å². The van der Waals surface area contributed by atoms with Crippen LogP contribution >= 0.6 is 0 Å². The summed E-state index contributed by atoms with van der Waals surface area (Å²) in [4.78, 5) is 40.9. The van der Waals surface area contributed by atoms with Crippen molar-refractivity contribution in [3.63, 3.8) is 0 Å². The number of halogens is 3. The van der Waals surface area contributed by atoms with Gasteiger partial charge in [-0.15, -0.1) is 0 Å². The number of alkyl halides is 3. The van der Waals surface area contributed by atoms with E-state index in [2.05, 4.69) is 15.6 Å². The molecule has 40 heavy (non-hydrogen) atoms. The predicted molar refractivity (Wildman–Crippen MR) is 144 cm³/mol. The Morgan fingerprint density at radius 3 is 2.02 bits per heavy atom. The predicted octanol–water partition coefficient (Wildman–Crippen LogP) is 6.93. The molecule has 0 aliphatic carbocycles. The van der Waals surface area contributed by atoms with Gasteiger partial charge in [0.2, 0.25) is 0 Å². The summed E-state index contributed by atoms with van der Waals surface area (Å²) < 4.78 is 38.0. The number of Topliss-reactive ketones (excluding diaryl/α,β-unsaturated/α-hetero) is 1. The lowest BCUT2D eigenvalue weighted by atomic mass is 9.92. The lowest BCUT2D eigenvalue weighted by Gasteiger charge is -2.12. The first-order valence-corrected chi connectivity index (χ1v) is 12.2. The molecule has 0 spiro atoms. The minimum absolute atomic E-state index is 0.125. The highest BCUT2D eigenvalue weighted by molar-refractivity contribution is 5.99. The Morgan fingerprint density at radius 1 is 0.800 bits per heavy atom. The minimum Gasteiger partial charge on any atom is -0.481 e. The fourth-order valence-electron chi connectivity index (χ4n) is 4.00. The van der Waals surface area contributed by atoms with E-state index in [4.69, 9.17) is 0 Å². The number of hydrogen-bond acceptors (Lipinski definition) is 4. The first-order chi connectivity index (χ1) is 19.1. The molecule has 4 rings (SSSR count). The number of urea groups is 1. The third kappa shape index (κ3) is 7.53. The number of amides is 2. The van der Waals surface area contributed by atoms with E-state index in [9.17, 15) is 32.7 Å². The zero-order valence-electron chi connectivity index (χ0n) is 21.0. The van der Waals surface area contributed by atoms with Crippen LogP contribution in [0.1, 0.15) is 27.9 Å². The second-order valence-electron chi connectivity index (χ2n) is 9.02. The van der Waals surface area contributed by atoms with Gasteiger partial charge in [-0.25, -0.2) is 9.78 Å². The molecule has 2 amide bonds. The van der Waals surface area contributed by atoms with Gasteiger partial charge in [-0.3, -0.25) is 14.9 Å². The van der Waals surface area contributed by atoms with Crippen LogP contribution in [-0.2, 0) is 17.4 Å². The fourth-order valence-corrected chi connectivity index (χ4v) is 4.00. The number of nitrogens with zero attached hydrogens (tertiary/aromatic N) is 1. The highest BCUT2D eigenvalue weighted by Gasteiger charge is 2.30. The first kappa shape index (κ1) is 28.0. The SMILES string of the molecule is O=C(Nc1ccc(C(F)(F)F)cc1)Nc1ccc(-c2ccc(C(=O)CC(Cc3ccccc3)C(=O)O)cc2)cn1. The molecule has 0 bridgehead atoms. The van der Waals surface area contributed by atoms with Gasteiger partial charge in [-0.05, 0) is 53.9 Å². The summed E-state index contributed by atoms with van der Waals surface area (Å²) in [6.45, 7) is 0. The number of carboxylic acid groups (broad SMARTS) is 1. The average molecular weight is 548 g/mol. The summed E-state index contributed by atoms with van der Waals surface area (Å²) >= 11 is 0. The maximum Gasteiger partial charge on any atom is 0.416 e. The summed E-state index contributed by atoms with van der Waals surface area (Å²) in [6.07, 6.45) is -2.81. The van der Waals surface area contributed by atoms with Crippen LogP contribution in [0.5, 0.6) is 0 Å². The third-order valence-electron chi connectivity index (χ3n) is 6.12. The number of carboxylic acids is 1. The molecule has 1 aromatic heterocycles. The van der Waals surface area contributed by atoms with Crippen LogP contribution in [0.25, 0.3) is 11.1 Å². The van der Waals surface area contributed by atoms with Gasteiger partial charge in [-0.1, -0.05) is 54.6 Å². The largest absolute Gasteiger partial charge is 0.481 e. The number of pyridine rings is 1. The Balaban J connectivity index is 1.33. The standard InChI is InChI=1S/C30H24F3N3O4/c31-30(32,33)24-11-13-25(14-12-24)35-29(40)36-27-15-10-22(18-34-27)20-6-8-21(9-7-20)26(37)17-23(28(38)39)16-19-4-2-1-3-5-19/h1-15,18,23H,16-17H2,(H,38,39)(H2,34,35,36,40). The number of aromatic nitrogens is 1. The van der Waals surface area contributed by atoms with E-state index in [1.54, 1.807) is 36.4 Å². The van der Waals surface area contributed by atoms with Gasteiger partial charge in [0.25, 0.3) is 0 Å². The van der Waals surface area contributed by atoms with Crippen LogP contribution in [0.2, 0.25) is 0 Å². The summed E-state index contributed by atoms with van der Waals surface area (Å²) in [5.41, 5.74) is 2.07. The molecule has 10 heteroatoms. The van der Waals surface area contributed by atoms with Crippen LogP contribution < -0.4 is 10.6 Å². The molecule has 1 unspecified atom stereocenters. The Bertz CT molecular complexity index is 1470. The van der Waals surface area contributed by atoms with Crippen LogP contribution in [0, 0.1) is 5.92 Å². The van der Waals surface area contributed by atoms with E-state index in [1.807, 2.05) is 30.3 Å². The van der Waals surface area contributed by atoms with Crippen LogP contribution in [0.4, 0.5) is 29.5 Å². The molecule has 1 heterocycles. The number of carbonyl (C=O) groups excluding carboxylic acids is 2. The molecule has 3 N–H and O–H groups in total. The first-order valence-electron chi connectivity index (χ1n) is 12.2. The molecule has 4 aromatic rings. The summed E-state index contributed by atoms with van der Waals surface area (Å²) in [7, 11) is 0. The van der Waals surface area contributed by atoms with Gasteiger partial charge in [0.1, 0.15) is 5.82 Å². The second-order valence-corrected chi connectivity index (χ2v) is 9.02. The molecule has 0 saturated carbocycles. The van der Waals surface area contributed by atoms with E-state index in [1.165, 1.54) is 6.20 Å². The molecule has 0 radical (unpaired) electrons. The molecule has 0 aliphatic rings. The molecule has 0 aliphatic heterocycles. The van der Waals surface area contributed by atoms with Crippen LogP contribution in [0.15, 0.2) is 97.2 Å². The summed E-state index contributed by atoms with van der Waals surface area (Å²) in [5, 5.41) is 14.5. The van der Waals surface area contributed by atoms with Crippen LogP contribution in [-0.4, -0.2) is 27.9 Å². The van der Waals surface area contributed by atoms with E-state index < -0.39 is 29.7 Å². The van der Waals surface area contributed by atoms with Gasteiger partial charge in [0.15, 0.2) is 5.78 Å². The quantitative estimate of drug-likeness (QED) is 0.197. The van der Waals surface area contributed by atoms with E-state index in [0.717, 1.165) is 35.4 Å². The van der Waals surface area contributed by atoms with Crippen LogP contribution in [0.3, 0.4) is 0 Å². The maximum absolute atomic E-state index is 12.8. The molecule has 0 fully saturated rings. The molecular weight excluding hydrogens is 523 g/mol. The van der Waals surface area contributed by atoms with Crippen molar-refractivity contribution in [2.45, 2.75) is 19.0 Å². The molecule has 1 atom stereocenters. The van der Waals surface area contributed by atoms with Crippen molar-refractivity contribution in [3.8, 4) is 11.1 Å². The molecular formula is C30H24F3N3O4. The fraction of sp³-hybridized carbons (Fsp3) is 0.133. The second kappa shape index (κ2) is 12.2. The van der Waals surface area contributed by atoms with Crippen molar-refractivity contribution in [2.24, 2.45) is 5.92 Å². The lowest BCUT2D eigenvalue weighted by Crippen LogP contribution is -2.20. The zero-order valence-corrected chi connectivity index (χ0v) is 21.0. The smallest absolute Gasteiger partial charge is 0.416 e. The van der Waals surface area contributed by atoms with Crippen molar-refractivity contribution < 1.29 is 32.7 Å². The normalized spacial score (nSPS) is 11.9. The number of ketones is 1. The van der Waals surface area contributed by atoms with Crippen molar-refractivity contribution >= 4 is 29.3 Å². The van der Waals surface area contributed by atoms with Gasteiger partial charge < -0.3 is 10.4 Å². The number of carbonyl (C=O) groups is 3. The number of anilines is 2. The number of aliphatic carboxylic acids is 1. The highest BCUT2D eigenvalue weighted by atomic mass is 19.4. The number of rotatable bonds is 9. The van der Waals surface area contributed by atoms with Gasteiger partial charge in [0, 0.05) is 29.4 Å².